The molecule has 0 atom stereocenters. The highest BCUT2D eigenvalue weighted by Gasteiger charge is 2.30. The van der Waals surface area contributed by atoms with E-state index in [1.165, 1.54) is 22.7 Å². The van der Waals surface area contributed by atoms with Gasteiger partial charge in [0.1, 0.15) is 16.1 Å². The first kappa shape index (κ1) is 19.2. The predicted octanol–water partition coefficient (Wildman–Crippen LogP) is 4.04. The monoisotopic (exact) mass is 440 g/mol. The second-order valence-electron chi connectivity index (χ2n) is 6.57. The number of rotatable bonds is 3. The van der Waals surface area contributed by atoms with Crippen molar-refractivity contribution in [2.75, 3.05) is 0 Å². The van der Waals surface area contributed by atoms with E-state index in [1.807, 2.05) is 0 Å². The van der Waals surface area contributed by atoms with Crippen LogP contribution in [0.5, 0.6) is 0 Å². The average Bonchev–Trinajstić information content (AvgIpc) is 3.46. The lowest BCUT2D eigenvalue weighted by Crippen LogP contribution is -2.23. The van der Waals surface area contributed by atoms with Crippen LogP contribution in [0, 0.1) is 0 Å². The number of hydrogen-bond acceptors (Lipinski definition) is 6. The quantitative estimate of drug-likeness (QED) is 0.423. The van der Waals surface area contributed by atoms with Crippen molar-refractivity contribution in [1.82, 2.24) is 19.6 Å². The third kappa shape index (κ3) is 3.61. The zero-order chi connectivity index (χ0) is 21.6. The lowest BCUT2D eigenvalue weighted by Gasteiger charge is -2.07. The molecule has 4 heterocycles. The Morgan fingerprint density at radius 3 is 2.65 bits per heavy atom. The lowest BCUT2D eigenvalue weighted by atomic mass is 10.1. The maximum absolute atomic E-state index is 12.9. The Labute approximate surface area is 175 Å². The van der Waals surface area contributed by atoms with Crippen molar-refractivity contribution in [3.63, 3.8) is 0 Å². The molecule has 10 heteroatoms. The van der Waals surface area contributed by atoms with Gasteiger partial charge >= 0.3 is 6.18 Å². The van der Waals surface area contributed by atoms with Gasteiger partial charge in [0.2, 0.25) is 4.96 Å². The minimum absolute atomic E-state index is 0.267. The maximum Gasteiger partial charge on any atom is 0.416 e. The van der Waals surface area contributed by atoms with E-state index in [4.69, 9.17) is 4.42 Å². The summed E-state index contributed by atoms with van der Waals surface area (Å²) in [6, 6.07) is 11.6. The number of furan rings is 1. The Balaban J connectivity index is 1.49. The SMILES string of the molecule is O=c1c(=Cc2ccc(-c3cccc(C(F)(F)F)c3)o2)sc2nc(-c3cccnc3)nn12. The molecule has 0 unspecified atom stereocenters. The zero-order valence-electron chi connectivity index (χ0n) is 15.5. The number of alkyl halides is 3. The number of benzene rings is 1. The number of fused-ring (bicyclic) bond motifs is 1. The van der Waals surface area contributed by atoms with Crippen LogP contribution in [-0.2, 0) is 6.18 Å². The summed E-state index contributed by atoms with van der Waals surface area (Å²) in [6.07, 6.45) is 0.312. The molecule has 0 aliphatic carbocycles. The Morgan fingerprint density at radius 1 is 1.06 bits per heavy atom. The van der Waals surface area contributed by atoms with Crippen LogP contribution < -0.4 is 10.1 Å². The smallest absolute Gasteiger partial charge is 0.416 e. The first-order valence-corrected chi connectivity index (χ1v) is 9.79. The lowest BCUT2D eigenvalue weighted by molar-refractivity contribution is -0.137. The normalized spacial score (nSPS) is 12.7. The van der Waals surface area contributed by atoms with Gasteiger partial charge in [-0.1, -0.05) is 23.5 Å². The van der Waals surface area contributed by atoms with Crippen LogP contribution in [0.25, 0.3) is 33.7 Å². The number of nitrogens with zero attached hydrogens (tertiary/aromatic N) is 4. The molecule has 0 saturated heterocycles. The first-order valence-electron chi connectivity index (χ1n) is 8.98. The van der Waals surface area contributed by atoms with Crippen molar-refractivity contribution in [1.29, 1.82) is 0 Å². The summed E-state index contributed by atoms with van der Waals surface area (Å²) in [5.74, 6) is 0.998. The van der Waals surface area contributed by atoms with E-state index >= 15 is 0 Å². The Kier molecular flexibility index (Phi) is 4.44. The van der Waals surface area contributed by atoms with Crippen LogP contribution in [0.2, 0.25) is 0 Å². The Bertz CT molecular complexity index is 1500. The van der Waals surface area contributed by atoms with E-state index in [2.05, 4.69) is 15.1 Å². The highest BCUT2D eigenvalue weighted by Crippen LogP contribution is 2.32. The molecule has 0 amide bonds. The van der Waals surface area contributed by atoms with Gasteiger partial charge in [0.15, 0.2) is 5.82 Å². The molecule has 0 saturated carbocycles. The van der Waals surface area contributed by atoms with Crippen molar-refractivity contribution in [3.05, 3.63) is 87.1 Å². The number of thiazole rings is 1. The minimum atomic E-state index is -4.44. The molecule has 5 aromatic rings. The highest BCUT2D eigenvalue weighted by atomic mass is 32.1. The van der Waals surface area contributed by atoms with Gasteiger partial charge < -0.3 is 4.42 Å². The minimum Gasteiger partial charge on any atom is -0.457 e. The van der Waals surface area contributed by atoms with E-state index in [1.54, 1.807) is 36.7 Å². The van der Waals surface area contributed by atoms with Gasteiger partial charge in [-0.25, -0.2) is 0 Å². The van der Waals surface area contributed by atoms with Crippen LogP contribution in [0.1, 0.15) is 11.3 Å². The maximum atomic E-state index is 12.9. The van der Waals surface area contributed by atoms with Crippen molar-refractivity contribution < 1.29 is 17.6 Å². The van der Waals surface area contributed by atoms with E-state index in [-0.39, 0.29) is 11.3 Å². The van der Waals surface area contributed by atoms with Gasteiger partial charge in [-0.05, 0) is 36.4 Å². The van der Waals surface area contributed by atoms with Crippen molar-refractivity contribution >= 4 is 22.4 Å². The second-order valence-corrected chi connectivity index (χ2v) is 7.58. The molecule has 0 aliphatic rings. The molecule has 6 nitrogen and oxygen atoms in total. The molecule has 154 valence electrons. The van der Waals surface area contributed by atoms with Gasteiger partial charge in [-0.2, -0.15) is 22.7 Å². The molecule has 1 aromatic carbocycles. The molecule has 0 fully saturated rings. The molecule has 0 aliphatic heterocycles. The second kappa shape index (κ2) is 7.17. The summed E-state index contributed by atoms with van der Waals surface area (Å²) < 4.78 is 46.0. The van der Waals surface area contributed by atoms with Crippen molar-refractivity contribution in [2.45, 2.75) is 6.18 Å². The van der Waals surface area contributed by atoms with Crippen LogP contribution >= 0.6 is 11.3 Å². The van der Waals surface area contributed by atoms with Gasteiger partial charge in [0.25, 0.3) is 5.56 Å². The van der Waals surface area contributed by atoms with Crippen LogP contribution in [0.4, 0.5) is 13.2 Å². The van der Waals surface area contributed by atoms with E-state index < -0.39 is 11.7 Å². The van der Waals surface area contributed by atoms with Gasteiger partial charge in [0, 0.05) is 29.6 Å². The fourth-order valence-electron chi connectivity index (χ4n) is 3.01. The fourth-order valence-corrected chi connectivity index (χ4v) is 3.90. The third-order valence-corrected chi connectivity index (χ3v) is 5.44. The fraction of sp³-hybridized carbons (Fsp3) is 0.0476. The Hall–Kier alpha value is -3.79. The third-order valence-electron chi connectivity index (χ3n) is 4.48. The molecule has 0 bridgehead atoms. The van der Waals surface area contributed by atoms with Gasteiger partial charge in [-0.3, -0.25) is 9.78 Å². The summed E-state index contributed by atoms with van der Waals surface area (Å²) >= 11 is 1.14. The topological polar surface area (TPSA) is 73.3 Å². The first-order chi connectivity index (χ1) is 14.9. The number of hydrogen-bond donors (Lipinski definition) is 0. The number of aromatic nitrogens is 4. The summed E-state index contributed by atoms with van der Waals surface area (Å²) in [4.78, 5) is 21.5. The Morgan fingerprint density at radius 2 is 1.90 bits per heavy atom. The van der Waals surface area contributed by atoms with Crippen molar-refractivity contribution in [3.8, 4) is 22.7 Å². The number of pyridine rings is 1. The summed E-state index contributed by atoms with van der Waals surface area (Å²) in [5.41, 5.74) is -0.135. The zero-order valence-corrected chi connectivity index (χ0v) is 16.3. The van der Waals surface area contributed by atoms with Crippen molar-refractivity contribution in [2.24, 2.45) is 0 Å². The number of halogens is 3. The molecule has 4 aromatic heterocycles. The summed E-state index contributed by atoms with van der Waals surface area (Å²) in [7, 11) is 0. The molecule has 0 radical (unpaired) electrons. The molecule has 5 rings (SSSR count). The van der Waals surface area contributed by atoms with Gasteiger partial charge in [0.05, 0.1) is 5.56 Å². The molecular weight excluding hydrogens is 429 g/mol. The highest BCUT2D eigenvalue weighted by molar-refractivity contribution is 7.15. The van der Waals surface area contributed by atoms with Crippen LogP contribution in [0.15, 0.2) is 70.1 Å². The van der Waals surface area contributed by atoms with E-state index in [0.717, 1.165) is 23.5 Å². The van der Waals surface area contributed by atoms with Crippen LogP contribution in [-0.4, -0.2) is 19.6 Å². The van der Waals surface area contributed by atoms with E-state index in [9.17, 15) is 18.0 Å². The molecule has 0 N–H and O–H groups in total. The molecule has 31 heavy (non-hydrogen) atoms. The van der Waals surface area contributed by atoms with Crippen LogP contribution in [0.3, 0.4) is 0 Å². The van der Waals surface area contributed by atoms with Gasteiger partial charge in [-0.15, -0.1) is 5.10 Å². The largest absolute Gasteiger partial charge is 0.457 e. The standard InChI is InChI=1S/C21H11F3N4O2S/c22-21(23,24)14-5-1-3-12(9-14)16-7-6-15(30-16)10-17-19(29)28-20(31-17)26-18(27-28)13-4-2-8-25-11-13/h1-11H. The summed E-state index contributed by atoms with van der Waals surface area (Å²) in [6.45, 7) is 0. The average molecular weight is 440 g/mol. The molecular formula is C21H11F3N4O2S. The predicted molar refractivity (Wildman–Crippen MR) is 108 cm³/mol. The summed E-state index contributed by atoms with van der Waals surface area (Å²) in [5, 5.41) is 4.24. The van der Waals surface area contributed by atoms with E-state index in [0.29, 0.717) is 32.2 Å². The molecule has 0 spiro atoms.